The molecule has 0 radical (unpaired) electrons. The Morgan fingerprint density at radius 1 is 1.41 bits per heavy atom. The Kier molecular flexibility index (Phi) is 6.23. The maximum atomic E-state index is 10.4. The molecular formula is C13H15NO2S. The normalized spacial score (nSPS) is 11.4. The molecule has 0 amide bonds. The van der Waals surface area contributed by atoms with E-state index in [0.717, 1.165) is 11.3 Å². The third-order valence-electron chi connectivity index (χ3n) is 2.07. The van der Waals surface area contributed by atoms with Crippen molar-refractivity contribution in [2.45, 2.75) is 12.5 Å². The summed E-state index contributed by atoms with van der Waals surface area (Å²) in [6, 6.07) is 9.00. The lowest BCUT2D eigenvalue weighted by Gasteiger charge is -2.03. The third-order valence-corrected chi connectivity index (χ3v) is 2.94. The highest BCUT2D eigenvalue weighted by Gasteiger charge is 2.09. The second kappa shape index (κ2) is 7.77. The van der Waals surface area contributed by atoms with Gasteiger partial charge >= 0.3 is 5.97 Å². The summed E-state index contributed by atoms with van der Waals surface area (Å²) in [5.74, 6) is 6.54. The van der Waals surface area contributed by atoms with Crippen LogP contribution in [0.25, 0.3) is 0 Å². The van der Waals surface area contributed by atoms with E-state index in [9.17, 15) is 4.79 Å². The molecule has 0 bridgehead atoms. The first-order valence-corrected chi connectivity index (χ1v) is 6.45. The van der Waals surface area contributed by atoms with Crippen LogP contribution in [0.3, 0.4) is 0 Å². The van der Waals surface area contributed by atoms with E-state index in [2.05, 4.69) is 11.8 Å². The van der Waals surface area contributed by atoms with Crippen molar-refractivity contribution in [2.75, 3.05) is 11.5 Å². The first kappa shape index (κ1) is 13.6. The number of carbonyl (C=O) groups is 1. The van der Waals surface area contributed by atoms with Gasteiger partial charge in [-0.05, 0) is 24.3 Å². The molecule has 0 saturated heterocycles. The summed E-state index contributed by atoms with van der Waals surface area (Å²) < 4.78 is 0. The van der Waals surface area contributed by atoms with Crippen molar-refractivity contribution in [1.29, 1.82) is 0 Å². The highest BCUT2D eigenvalue weighted by atomic mass is 32.2. The number of hydrogen-bond donors (Lipinski definition) is 2. The fourth-order valence-corrected chi connectivity index (χ4v) is 1.86. The monoisotopic (exact) mass is 249 g/mol. The van der Waals surface area contributed by atoms with Crippen molar-refractivity contribution in [3.05, 3.63) is 35.9 Å². The summed E-state index contributed by atoms with van der Waals surface area (Å²) in [4.78, 5) is 10.4. The van der Waals surface area contributed by atoms with E-state index in [1.165, 1.54) is 0 Å². The van der Waals surface area contributed by atoms with E-state index < -0.39 is 12.0 Å². The second-order valence-electron chi connectivity index (χ2n) is 3.45. The van der Waals surface area contributed by atoms with Gasteiger partial charge < -0.3 is 10.8 Å². The van der Waals surface area contributed by atoms with Crippen molar-refractivity contribution in [1.82, 2.24) is 0 Å². The van der Waals surface area contributed by atoms with E-state index in [-0.39, 0.29) is 0 Å². The highest BCUT2D eigenvalue weighted by molar-refractivity contribution is 7.99. The predicted molar refractivity (Wildman–Crippen MR) is 70.9 cm³/mol. The minimum Gasteiger partial charge on any atom is -0.480 e. The Morgan fingerprint density at radius 2 is 2.12 bits per heavy atom. The zero-order valence-corrected chi connectivity index (χ0v) is 10.2. The topological polar surface area (TPSA) is 63.3 Å². The molecule has 1 atom stereocenters. The zero-order chi connectivity index (χ0) is 12.5. The molecular weight excluding hydrogens is 234 g/mol. The van der Waals surface area contributed by atoms with Gasteiger partial charge in [-0.25, -0.2) is 0 Å². The van der Waals surface area contributed by atoms with Crippen LogP contribution in [0.15, 0.2) is 30.3 Å². The molecule has 1 aromatic rings. The van der Waals surface area contributed by atoms with Crippen molar-refractivity contribution >= 4 is 17.7 Å². The molecule has 17 heavy (non-hydrogen) atoms. The Hall–Kier alpha value is -1.44. The van der Waals surface area contributed by atoms with Crippen molar-refractivity contribution in [2.24, 2.45) is 5.73 Å². The number of carboxylic acids is 1. The average molecular weight is 249 g/mol. The van der Waals surface area contributed by atoms with Crippen LogP contribution in [0.2, 0.25) is 0 Å². The van der Waals surface area contributed by atoms with Gasteiger partial charge in [0.1, 0.15) is 6.04 Å². The zero-order valence-electron chi connectivity index (χ0n) is 9.43. The molecule has 4 heteroatoms. The first-order valence-electron chi connectivity index (χ1n) is 5.30. The molecule has 1 rings (SSSR count). The largest absolute Gasteiger partial charge is 0.480 e. The van der Waals surface area contributed by atoms with E-state index >= 15 is 0 Å². The number of thioether (sulfide) groups is 1. The van der Waals surface area contributed by atoms with E-state index in [0.29, 0.717) is 12.2 Å². The van der Waals surface area contributed by atoms with Gasteiger partial charge in [-0.1, -0.05) is 30.0 Å². The molecule has 0 aliphatic rings. The van der Waals surface area contributed by atoms with Crippen LogP contribution >= 0.6 is 11.8 Å². The molecule has 0 spiro atoms. The summed E-state index contributed by atoms with van der Waals surface area (Å²) in [6.45, 7) is 0. The van der Waals surface area contributed by atoms with Crippen molar-refractivity contribution in [3.63, 3.8) is 0 Å². The van der Waals surface area contributed by atoms with Crippen molar-refractivity contribution < 1.29 is 9.90 Å². The van der Waals surface area contributed by atoms with Gasteiger partial charge in [-0.15, -0.1) is 11.8 Å². The smallest absolute Gasteiger partial charge is 0.320 e. The van der Waals surface area contributed by atoms with Crippen LogP contribution < -0.4 is 5.73 Å². The molecule has 0 aromatic heterocycles. The van der Waals surface area contributed by atoms with Crippen LogP contribution in [0.5, 0.6) is 0 Å². The Morgan fingerprint density at radius 3 is 2.76 bits per heavy atom. The van der Waals surface area contributed by atoms with Gasteiger partial charge in [0.2, 0.25) is 0 Å². The van der Waals surface area contributed by atoms with Crippen LogP contribution in [-0.2, 0) is 4.79 Å². The number of carboxylic acid groups (broad SMARTS) is 1. The number of aliphatic carboxylic acids is 1. The Balaban J connectivity index is 2.17. The molecule has 1 unspecified atom stereocenters. The number of hydrogen-bond acceptors (Lipinski definition) is 3. The Bertz CT molecular complexity index is 408. The van der Waals surface area contributed by atoms with Crippen LogP contribution in [-0.4, -0.2) is 28.6 Å². The van der Waals surface area contributed by atoms with E-state index in [1.807, 2.05) is 30.3 Å². The third kappa shape index (κ3) is 6.00. The lowest BCUT2D eigenvalue weighted by Crippen LogP contribution is -2.30. The molecule has 3 N–H and O–H groups in total. The molecule has 90 valence electrons. The highest BCUT2D eigenvalue weighted by Crippen LogP contribution is 2.03. The van der Waals surface area contributed by atoms with Crippen LogP contribution in [0.1, 0.15) is 12.0 Å². The quantitative estimate of drug-likeness (QED) is 0.614. The summed E-state index contributed by atoms with van der Waals surface area (Å²) in [6.07, 6.45) is 0.479. The molecule has 0 aliphatic heterocycles. The summed E-state index contributed by atoms with van der Waals surface area (Å²) >= 11 is 1.60. The Labute approximate surface area is 105 Å². The molecule has 3 nitrogen and oxygen atoms in total. The van der Waals surface area contributed by atoms with Gasteiger partial charge in [-0.3, -0.25) is 4.79 Å². The van der Waals surface area contributed by atoms with E-state index in [4.69, 9.17) is 10.8 Å². The summed E-state index contributed by atoms with van der Waals surface area (Å²) in [7, 11) is 0. The summed E-state index contributed by atoms with van der Waals surface area (Å²) in [5.41, 5.74) is 6.37. The predicted octanol–water partition coefficient (Wildman–Crippen LogP) is 1.57. The lowest BCUT2D eigenvalue weighted by atomic mass is 10.2. The minimum absolute atomic E-state index is 0.479. The average Bonchev–Trinajstić information content (AvgIpc) is 2.34. The van der Waals surface area contributed by atoms with E-state index in [1.54, 1.807) is 11.8 Å². The number of benzene rings is 1. The van der Waals surface area contributed by atoms with Gasteiger partial charge in [0.15, 0.2) is 0 Å². The maximum absolute atomic E-state index is 10.4. The first-order chi connectivity index (χ1) is 8.20. The second-order valence-corrected chi connectivity index (χ2v) is 4.56. The fourth-order valence-electron chi connectivity index (χ4n) is 1.12. The maximum Gasteiger partial charge on any atom is 0.320 e. The van der Waals surface area contributed by atoms with Gasteiger partial charge in [-0.2, -0.15) is 0 Å². The van der Waals surface area contributed by atoms with Gasteiger partial charge in [0.25, 0.3) is 0 Å². The standard InChI is InChI=1S/C13H15NO2S/c14-12(13(15)16)8-10-17-9-4-7-11-5-2-1-3-6-11/h1-3,5-6,12H,8-10,14H2,(H,15,16). The van der Waals surface area contributed by atoms with Gasteiger partial charge in [0.05, 0.1) is 5.75 Å². The molecule has 0 aliphatic carbocycles. The molecule has 0 heterocycles. The van der Waals surface area contributed by atoms with Crippen LogP contribution in [0, 0.1) is 11.8 Å². The number of nitrogens with two attached hydrogens (primary N) is 1. The lowest BCUT2D eigenvalue weighted by molar-refractivity contribution is -0.138. The summed E-state index contributed by atoms with van der Waals surface area (Å²) in [5, 5.41) is 8.57. The van der Waals surface area contributed by atoms with Crippen molar-refractivity contribution in [3.8, 4) is 11.8 Å². The van der Waals surface area contributed by atoms with Crippen LogP contribution in [0.4, 0.5) is 0 Å². The minimum atomic E-state index is -0.944. The fraction of sp³-hybridized carbons (Fsp3) is 0.308. The number of rotatable bonds is 5. The molecule has 1 aromatic carbocycles. The molecule has 0 saturated carbocycles. The van der Waals surface area contributed by atoms with Gasteiger partial charge in [0, 0.05) is 5.56 Å². The molecule has 0 fully saturated rings. The SMILES string of the molecule is NC(CCSCC#Cc1ccccc1)C(=O)O.